The molecule has 0 saturated carbocycles. The Bertz CT molecular complexity index is 569. The number of aryl methyl sites for hydroxylation is 1. The van der Waals surface area contributed by atoms with E-state index in [1.165, 1.54) is 29.5 Å². The molecule has 1 nitrogen and oxygen atoms in total. The van der Waals surface area contributed by atoms with E-state index in [9.17, 15) is 0 Å². The van der Waals surface area contributed by atoms with Crippen molar-refractivity contribution in [2.75, 3.05) is 0 Å². The van der Waals surface area contributed by atoms with Gasteiger partial charge in [-0.25, -0.2) is 0 Å². The normalized spacial score (nSPS) is 20.6. The van der Waals surface area contributed by atoms with Crippen LogP contribution in [0.4, 0.5) is 0 Å². The summed E-state index contributed by atoms with van der Waals surface area (Å²) >= 11 is 0. The van der Waals surface area contributed by atoms with Crippen LogP contribution in [0.2, 0.25) is 0 Å². The van der Waals surface area contributed by atoms with Gasteiger partial charge in [-0.3, -0.25) is 0 Å². The van der Waals surface area contributed by atoms with Crippen LogP contribution in [-0.2, 0) is 11.2 Å². The minimum Gasteiger partial charge on any atom is -0.372 e. The molecule has 1 aliphatic heterocycles. The maximum absolute atomic E-state index is 6.06. The largest absolute Gasteiger partial charge is 0.372 e. The van der Waals surface area contributed by atoms with Crippen molar-refractivity contribution in [3.8, 4) is 11.1 Å². The van der Waals surface area contributed by atoms with Crippen molar-refractivity contribution in [1.82, 2.24) is 0 Å². The van der Waals surface area contributed by atoms with E-state index in [2.05, 4.69) is 68.4 Å². The van der Waals surface area contributed by atoms with Crippen LogP contribution >= 0.6 is 0 Å². The van der Waals surface area contributed by atoms with E-state index in [0.717, 1.165) is 12.8 Å². The summed E-state index contributed by atoms with van der Waals surface area (Å²) in [6.45, 7) is 4.39. The molecular formula is C20H24O. The van der Waals surface area contributed by atoms with Gasteiger partial charge in [-0.1, -0.05) is 54.6 Å². The van der Waals surface area contributed by atoms with Gasteiger partial charge >= 0.3 is 0 Å². The van der Waals surface area contributed by atoms with E-state index >= 15 is 0 Å². The van der Waals surface area contributed by atoms with Crippen LogP contribution in [-0.4, -0.2) is 11.7 Å². The molecule has 1 heteroatoms. The molecular weight excluding hydrogens is 256 g/mol. The summed E-state index contributed by atoms with van der Waals surface area (Å²) in [6, 6.07) is 19.5. The molecule has 21 heavy (non-hydrogen) atoms. The van der Waals surface area contributed by atoms with Crippen LogP contribution in [0.15, 0.2) is 54.6 Å². The first-order chi connectivity index (χ1) is 10.1. The van der Waals surface area contributed by atoms with E-state index in [4.69, 9.17) is 4.74 Å². The van der Waals surface area contributed by atoms with Crippen molar-refractivity contribution in [3.63, 3.8) is 0 Å². The highest BCUT2D eigenvalue weighted by Crippen LogP contribution is 2.31. The molecule has 0 bridgehead atoms. The number of ether oxygens (including phenoxy) is 1. The highest BCUT2D eigenvalue weighted by Gasteiger charge is 2.30. The van der Waals surface area contributed by atoms with E-state index in [-0.39, 0.29) is 5.60 Å². The highest BCUT2D eigenvalue weighted by molar-refractivity contribution is 5.63. The summed E-state index contributed by atoms with van der Waals surface area (Å²) in [6.07, 6.45) is 5.07. The molecule has 3 rings (SSSR count). The third-order valence-electron chi connectivity index (χ3n) is 4.37. The number of hydrogen-bond acceptors (Lipinski definition) is 1. The van der Waals surface area contributed by atoms with Gasteiger partial charge in [0, 0.05) is 0 Å². The third-order valence-corrected chi connectivity index (χ3v) is 4.37. The maximum Gasteiger partial charge on any atom is 0.0631 e. The zero-order valence-electron chi connectivity index (χ0n) is 13.0. The quantitative estimate of drug-likeness (QED) is 0.743. The predicted octanol–water partition coefficient (Wildman–Crippen LogP) is 5.24. The maximum atomic E-state index is 6.06. The molecule has 0 unspecified atom stereocenters. The Morgan fingerprint density at radius 3 is 2.24 bits per heavy atom. The Balaban J connectivity index is 1.58. The predicted molar refractivity (Wildman–Crippen MR) is 88.4 cm³/mol. The van der Waals surface area contributed by atoms with E-state index in [1.54, 1.807) is 0 Å². The number of hydrogen-bond donors (Lipinski definition) is 0. The van der Waals surface area contributed by atoms with Gasteiger partial charge < -0.3 is 4.74 Å². The van der Waals surface area contributed by atoms with E-state index < -0.39 is 0 Å². The Labute approximate surface area is 128 Å². The van der Waals surface area contributed by atoms with Crippen LogP contribution < -0.4 is 0 Å². The SMILES string of the molecule is CC1(C)CC[C@@H](CCc2ccc(-c3ccccc3)cc2)O1. The van der Waals surface area contributed by atoms with Crippen LogP contribution in [0.3, 0.4) is 0 Å². The lowest BCUT2D eigenvalue weighted by molar-refractivity contribution is -0.0180. The lowest BCUT2D eigenvalue weighted by Gasteiger charge is -2.19. The molecule has 110 valence electrons. The molecule has 1 atom stereocenters. The van der Waals surface area contributed by atoms with Crippen LogP contribution in [0.25, 0.3) is 11.1 Å². The molecule has 0 radical (unpaired) electrons. The van der Waals surface area contributed by atoms with Crippen LogP contribution in [0, 0.1) is 0 Å². The summed E-state index contributed by atoms with van der Waals surface area (Å²) < 4.78 is 6.06. The van der Waals surface area contributed by atoms with Crippen LogP contribution in [0.5, 0.6) is 0 Å². The zero-order valence-corrected chi connectivity index (χ0v) is 13.0. The Kier molecular flexibility index (Phi) is 4.12. The number of benzene rings is 2. The van der Waals surface area contributed by atoms with Crippen molar-refractivity contribution < 1.29 is 4.74 Å². The van der Waals surface area contributed by atoms with Crippen molar-refractivity contribution in [3.05, 3.63) is 60.2 Å². The highest BCUT2D eigenvalue weighted by atomic mass is 16.5. The molecule has 0 aliphatic carbocycles. The van der Waals surface area contributed by atoms with Crippen LogP contribution in [0.1, 0.15) is 38.7 Å². The Morgan fingerprint density at radius 2 is 1.62 bits per heavy atom. The van der Waals surface area contributed by atoms with Gasteiger partial charge in [-0.05, 0) is 56.2 Å². The molecule has 1 fully saturated rings. The molecule has 2 aromatic rings. The lowest BCUT2D eigenvalue weighted by atomic mass is 10.00. The van der Waals surface area contributed by atoms with E-state index in [0.29, 0.717) is 6.10 Å². The molecule has 2 aromatic carbocycles. The van der Waals surface area contributed by atoms with Gasteiger partial charge in [0.2, 0.25) is 0 Å². The number of rotatable bonds is 4. The van der Waals surface area contributed by atoms with Crippen molar-refractivity contribution >= 4 is 0 Å². The summed E-state index contributed by atoms with van der Waals surface area (Å²) in [5.41, 5.74) is 4.06. The minimum absolute atomic E-state index is 0.0852. The molecule has 0 amide bonds. The van der Waals surface area contributed by atoms with Gasteiger partial charge in [0.1, 0.15) is 0 Å². The molecule has 0 spiro atoms. The fourth-order valence-electron chi connectivity index (χ4n) is 3.10. The summed E-state index contributed by atoms with van der Waals surface area (Å²) in [5, 5.41) is 0. The molecule has 1 heterocycles. The minimum atomic E-state index is 0.0852. The standard InChI is InChI=1S/C20H24O/c1-20(2)15-14-19(21-20)13-10-16-8-11-18(12-9-16)17-6-4-3-5-7-17/h3-9,11-12,19H,10,13-15H2,1-2H3/t19-/m1/s1. The zero-order chi connectivity index (χ0) is 14.7. The molecule has 1 aliphatic rings. The fraction of sp³-hybridized carbons (Fsp3) is 0.400. The Morgan fingerprint density at radius 1 is 0.952 bits per heavy atom. The van der Waals surface area contributed by atoms with E-state index in [1.807, 2.05) is 0 Å². The van der Waals surface area contributed by atoms with Gasteiger partial charge in [0.25, 0.3) is 0 Å². The van der Waals surface area contributed by atoms with Gasteiger partial charge in [0.05, 0.1) is 11.7 Å². The molecule has 1 saturated heterocycles. The average Bonchev–Trinajstić information content (AvgIpc) is 2.86. The topological polar surface area (TPSA) is 9.23 Å². The second-order valence-electron chi connectivity index (χ2n) is 6.64. The van der Waals surface area contributed by atoms with Gasteiger partial charge in [0.15, 0.2) is 0 Å². The summed E-state index contributed by atoms with van der Waals surface area (Å²) in [4.78, 5) is 0. The fourth-order valence-corrected chi connectivity index (χ4v) is 3.10. The first-order valence-electron chi connectivity index (χ1n) is 7.95. The lowest BCUT2D eigenvalue weighted by Crippen LogP contribution is -2.20. The van der Waals surface area contributed by atoms with Gasteiger partial charge in [-0.15, -0.1) is 0 Å². The summed E-state index contributed by atoms with van der Waals surface area (Å²) in [5.74, 6) is 0. The average molecular weight is 280 g/mol. The first kappa shape index (κ1) is 14.3. The third kappa shape index (κ3) is 3.74. The smallest absolute Gasteiger partial charge is 0.0631 e. The Hall–Kier alpha value is -1.60. The summed E-state index contributed by atoms with van der Waals surface area (Å²) in [7, 11) is 0. The second kappa shape index (κ2) is 6.03. The molecule has 0 N–H and O–H groups in total. The van der Waals surface area contributed by atoms with Gasteiger partial charge in [-0.2, -0.15) is 0 Å². The van der Waals surface area contributed by atoms with Crippen molar-refractivity contribution in [2.45, 2.75) is 51.2 Å². The molecule has 0 aromatic heterocycles. The second-order valence-corrected chi connectivity index (χ2v) is 6.64. The first-order valence-corrected chi connectivity index (χ1v) is 7.95. The van der Waals surface area contributed by atoms with Crippen molar-refractivity contribution in [2.24, 2.45) is 0 Å². The van der Waals surface area contributed by atoms with Crippen molar-refractivity contribution in [1.29, 1.82) is 0 Å². The monoisotopic (exact) mass is 280 g/mol.